The maximum Gasteiger partial charge on any atom is 0.348 e. The van der Waals surface area contributed by atoms with Crippen LogP contribution in [0, 0.1) is 0 Å². The molecule has 6 nitrogen and oxygen atoms in total. The first-order chi connectivity index (χ1) is 5.70. The van der Waals surface area contributed by atoms with E-state index in [4.69, 9.17) is 0 Å². The number of ether oxygens (including phenoxy) is 2. The Bertz CT molecular complexity index is 208. The number of hydrogen-bond acceptors (Lipinski definition) is 6. The van der Waals surface area contributed by atoms with Crippen LogP contribution in [-0.4, -0.2) is 31.3 Å². The number of nitrogens with one attached hydrogen (secondary N) is 1. The smallest absolute Gasteiger partial charge is 0.348 e. The highest BCUT2D eigenvalue weighted by Crippen LogP contribution is 2.15. The van der Waals surface area contributed by atoms with Crippen LogP contribution in [0.25, 0.3) is 0 Å². The first-order valence-electron chi connectivity index (χ1n) is 3.10. The Balaban J connectivity index is 2.68. The van der Waals surface area contributed by atoms with Gasteiger partial charge >= 0.3 is 11.9 Å². The lowest BCUT2D eigenvalue weighted by molar-refractivity contribution is -0.156. The van der Waals surface area contributed by atoms with E-state index in [1.807, 2.05) is 9.39 Å². The van der Waals surface area contributed by atoms with Gasteiger partial charge in [-0.05, 0) is 9.39 Å². The van der Waals surface area contributed by atoms with Gasteiger partial charge < -0.3 is 9.47 Å². The normalized spacial score (nSPS) is 29.2. The predicted octanol–water partition coefficient (Wildman–Crippen LogP) is -1.24. The maximum absolute atomic E-state index is 10.8. The molecule has 0 amide bonds. The lowest BCUT2D eigenvalue weighted by Gasteiger charge is -2.10. The number of esters is 2. The number of rotatable bonds is 3. The van der Waals surface area contributed by atoms with Crippen molar-refractivity contribution in [1.82, 2.24) is 5.25 Å². The molecule has 1 saturated heterocycles. The van der Waals surface area contributed by atoms with E-state index < -0.39 is 24.1 Å². The second kappa shape index (κ2) is 3.91. The highest BCUT2D eigenvalue weighted by molar-refractivity contribution is 7.13. The molecular formula is C5H8NO5P. The molecule has 0 aromatic rings. The summed E-state index contributed by atoms with van der Waals surface area (Å²) in [5.41, 5.74) is 0. The van der Waals surface area contributed by atoms with E-state index in [9.17, 15) is 9.59 Å². The van der Waals surface area contributed by atoms with Gasteiger partial charge in [0.1, 0.15) is 0 Å². The summed E-state index contributed by atoms with van der Waals surface area (Å²) in [6, 6.07) is 0. The highest BCUT2D eigenvalue weighted by Gasteiger charge is 2.46. The van der Waals surface area contributed by atoms with Crippen LogP contribution < -0.4 is 5.25 Å². The summed E-state index contributed by atoms with van der Waals surface area (Å²) in [7, 11) is 3.32. The third-order valence-electron chi connectivity index (χ3n) is 1.39. The summed E-state index contributed by atoms with van der Waals surface area (Å²) >= 11 is 0. The van der Waals surface area contributed by atoms with Crippen LogP contribution in [0.5, 0.6) is 0 Å². The van der Waals surface area contributed by atoms with Crippen LogP contribution in [-0.2, 0) is 23.9 Å². The Hall–Kier alpha value is -0.550. The van der Waals surface area contributed by atoms with Crippen LogP contribution in [0.1, 0.15) is 0 Å². The van der Waals surface area contributed by atoms with Gasteiger partial charge in [0.25, 0.3) is 0 Å². The molecule has 7 heteroatoms. The maximum atomic E-state index is 10.8. The van der Waals surface area contributed by atoms with E-state index in [2.05, 4.69) is 19.6 Å². The molecule has 0 saturated carbocycles. The van der Waals surface area contributed by atoms with Gasteiger partial charge in [0, 0.05) is 7.11 Å². The van der Waals surface area contributed by atoms with Gasteiger partial charge in [-0.25, -0.2) is 9.59 Å². The number of carbonyl (C=O) groups is 2. The van der Waals surface area contributed by atoms with E-state index in [0.29, 0.717) is 0 Å². The van der Waals surface area contributed by atoms with Gasteiger partial charge in [-0.3, -0.25) is 4.84 Å². The molecule has 1 N–H and O–H groups in total. The molecule has 1 rings (SSSR count). The molecule has 1 fully saturated rings. The van der Waals surface area contributed by atoms with Crippen LogP contribution in [0.4, 0.5) is 0 Å². The Morgan fingerprint density at radius 3 is 2.50 bits per heavy atom. The SMILES string of the molecule is COC1C(=O)OC(=O)C1ONP. The topological polar surface area (TPSA) is 73.9 Å². The van der Waals surface area contributed by atoms with Crippen molar-refractivity contribution in [3.8, 4) is 0 Å². The van der Waals surface area contributed by atoms with Gasteiger partial charge in [0.15, 0.2) is 6.10 Å². The summed E-state index contributed by atoms with van der Waals surface area (Å²) in [5.74, 6) is -1.48. The molecule has 0 aromatic carbocycles. The van der Waals surface area contributed by atoms with Crippen molar-refractivity contribution in [2.75, 3.05) is 7.11 Å². The lowest BCUT2D eigenvalue weighted by Crippen LogP contribution is -2.35. The largest absolute Gasteiger partial charge is 0.389 e. The number of hydrogen-bond donors (Lipinski definition) is 1. The molecule has 0 aromatic heterocycles. The molecule has 1 heterocycles. The van der Waals surface area contributed by atoms with Crippen molar-refractivity contribution in [3.63, 3.8) is 0 Å². The summed E-state index contributed by atoms with van der Waals surface area (Å²) in [6.07, 6.45) is -2.01. The summed E-state index contributed by atoms with van der Waals surface area (Å²) < 4.78 is 8.94. The van der Waals surface area contributed by atoms with Gasteiger partial charge in [-0.15, -0.1) is 0 Å². The average molecular weight is 193 g/mol. The zero-order valence-corrected chi connectivity index (χ0v) is 7.43. The molecule has 0 aliphatic carbocycles. The monoisotopic (exact) mass is 193 g/mol. The average Bonchev–Trinajstić information content (AvgIpc) is 2.28. The van der Waals surface area contributed by atoms with Crippen molar-refractivity contribution >= 4 is 21.3 Å². The predicted molar refractivity (Wildman–Crippen MR) is 39.6 cm³/mol. The van der Waals surface area contributed by atoms with Crippen LogP contribution in [0.3, 0.4) is 0 Å². The Morgan fingerprint density at radius 1 is 1.42 bits per heavy atom. The number of carbonyl (C=O) groups excluding carboxylic acids is 2. The van der Waals surface area contributed by atoms with E-state index in [-0.39, 0.29) is 0 Å². The lowest BCUT2D eigenvalue weighted by atomic mass is 10.2. The van der Waals surface area contributed by atoms with Gasteiger partial charge in [-0.1, -0.05) is 0 Å². The second-order valence-corrected chi connectivity index (χ2v) is 2.29. The Kier molecular flexibility index (Phi) is 3.11. The van der Waals surface area contributed by atoms with Crippen molar-refractivity contribution in [3.05, 3.63) is 0 Å². The summed E-state index contributed by atoms with van der Waals surface area (Å²) in [4.78, 5) is 26.3. The van der Waals surface area contributed by atoms with Crippen molar-refractivity contribution in [1.29, 1.82) is 0 Å². The van der Waals surface area contributed by atoms with E-state index >= 15 is 0 Å². The van der Waals surface area contributed by atoms with Gasteiger partial charge in [-0.2, -0.15) is 5.25 Å². The zero-order valence-electron chi connectivity index (χ0n) is 6.27. The third kappa shape index (κ3) is 1.61. The molecule has 12 heavy (non-hydrogen) atoms. The highest BCUT2D eigenvalue weighted by atomic mass is 31.0. The molecule has 1 aliphatic heterocycles. The van der Waals surface area contributed by atoms with E-state index in [0.717, 1.165) is 0 Å². The minimum absolute atomic E-state index is 0.729. The zero-order chi connectivity index (χ0) is 9.14. The molecular weight excluding hydrogens is 185 g/mol. The fraction of sp³-hybridized carbons (Fsp3) is 0.600. The molecule has 0 radical (unpaired) electrons. The van der Waals surface area contributed by atoms with Crippen LogP contribution >= 0.6 is 9.39 Å². The number of cyclic esters (lactones) is 2. The van der Waals surface area contributed by atoms with E-state index in [1.165, 1.54) is 7.11 Å². The van der Waals surface area contributed by atoms with Crippen molar-refractivity contribution in [2.45, 2.75) is 12.2 Å². The fourth-order valence-corrected chi connectivity index (χ4v) is 1.01. The fourth-order valence-electron chi connectivity index (χ4n) is 0.866. The molecule has 0 bridgehead atoms. The van der Waals surface area contributed by atoms with E-state index in [1.54, 1.807) is 0 Å². The minimum atomic E-state index is -1.03. The molecule has 3 atom stereocenters. The van der Waals surface area contributed by atoms with Gasteiger partial charge in [0.2, 0.25) is 6.10 Å². The molecule has 3 unspecified atom stereocenters. The van der Waals surface area contributed by atoms with Crippen LogP contribution in [0.15, 0.2) is 0 Å². The Labute approximate surface area is 70.7 Å². The quantitative estimate of drug-likeness (QED) is 0.261. The summed E-state index contributed by atoms with van der Waals surface area (Å²) in [6.45, 7) is 0. The standard InChI is InChI=1S/C5H8NO5P/c1-9-2-3(11-6-12)5(8)10-4(2)7/h2-3,6H,12H2,1H3. The van der Waals surface area contributed by atoms with Gasteiger partial charge in [0.05, 0.1) is 0 Å². The molecule has 68 valence electrons. The minimum Gasteiger partial charge on any atom is -0.389 e. The Morgan fingerprint density at radius 2 is 2.00 bits per heavy atom. The van der Waals surface area contributed by atoms with Crippen molar-refractivity contribution < 1.29 is 23.9 Å². The van der Waals surface area contributed by atoms with Crippen molar-refractivity contribution in [2.24, 2.45) is 0 Å². The molecule has 0 spiro atoms. The first kappa shape index (κ1) is 9.54. The third-order valence-corrected chi connectivity index (χ3v) is 1.53. The first-order valence-corrected chi connectivity index (χ1v) is 3.68. The second-order valence-electron chi connectivity index (χ2n) is 2.05. The van der Waals surface area contributed by atoms with Crippen LogP contribution in [0.2, 0.25) is 0 Å². The summed E-state index contributed by atoms with van der Waals surface area (Å²) in [5, 5.41) is 2.21. The number of methoxy groups -OCH3 is 1. The molecule has 1 aliphatic rings.